The van der Waals surface area contributed by atoms with Crippen LogP contribution < -0.4 is 0 Å². The number of rotatable bonds is 77. The van der Waals surface area contributed by atoms with Crippen molar-refractivity contribution in [2.24, 2.45) is 10.8 Å². The molecule has 0 N–H and O–H groups in total. The van der Waals surface area contributed by atoms with Crippen molar-refractivity contribution in [2.75, 3.05) is 13.2 Å². The van der Waals surface area contributed by atoms with Gasteiger partial charge in [-0.2, -0.15) is 0 Å². The molecule has 0 rings (SSSR count). The zero-order chi connectivity index (χ0) is 63.9. The summed E-state index contributed by atoms with van der Waals surface area (Å²) >= 11 is 0. The minimum atomic E-state index is -0.324. The van der Waals surface area contributed by atoms with Crippen LogP contribution in [0.25, 0.3) is 0 Å². The predicted octanol–water partition coefficient (Wildman–Crippen LogP) is 30.3. The molecule has 0 aliphatic rings. The number of carbonyl (C=O) groups is 2. The maximum absolute atomic E-state index is 14.7. The normalized spacial score (nSPS) is 12.0. The van der Waals surface area contributed by atoms with Crippen LogP contribution >= 0.6 is 0 Å². The molecule has 0 atom stereocenters. The van der Waals surface area contributed by atoms with E-state index in [2.05, 4.69) is 41.5 Å². The molecule has 0 aromatic carbocycles. The van der Waals surface area contributed by atoms with Crippen LogP contribution in [0.4, 0.5) is 0 Å². The smallest absolute Gasteiger partial charge is 0.312 e. The molecule has 0 bridgehead atoms. The van der Waals surface area contributed by atoms with Crippen LogP contribution in [0.1, 0.15) is 504 Å². The van der Waals surface area contributed by atoms with E-state index in [-0.39, 0.29) is 22.8 Å². The summed E-state index contributed by atoms with van der Waals surface area (Å²) in [6.45, 7) is 15.1. The highest BCUT2D eigenvalue weighted by Gasteiger charge is 2.39. The molecule has 0 heterocycles. The Balaban J connectivity index is 6.08. The van der Waals surface area contributed by atoms with Gasteiger partial charge in [-0.05, 0) is 51.4 Å². The van der Waals surface area contributed by atoms with Gasteiger partial charge in [0.05, 0.1) is 24.0 Å². The number of carbonyl (C=O) groups excluding carboxylic acids is 2. The van der Waals surface area contributed by atoms with E-state index in [4.69, 9.17) is 9.47 Å². The van der Waals surface area contributed by atoms with E-state index in [9.17, 15) is 9.59 Å². The topological polar surface area (TPSA) is 52.6 Å². The van der Waals surface area contributed by atoms with Crippen LogP contribution in [0.15, 0.2) is 0 Å². The van der Waals surface area contributed by atoms with E-state index < -0.39 is 0 Å². The summed E-state index contributed by atoms with van der Waals surface area (Å²) in [6.07, 6.45) is 92.7. The van der Waals surface area contributed by atoms with E-state index in [1.54, 1.807) is 0 Å². The monoisotopic (exact) mass is 1240 g/mol. The molecule has 0 aromatic heterocycles. The van der Waals surface area contributed by atoms with E-state index in [0.29, 0.717) is 13.2 Å². The number of hydrogen-bond acceptors (Lipinski definition) is 4. The lowest BCUT2D eigenvalue weighted by Crippen LogP contribution is -2.34. The van der Waals surface area contributed by atoms with Crippen LogP contribution in [0.2, 0.25) is 0 Å². The van der Waals surface area contributed by atoms with Crippen LogP contribution in [0.3, 0.4) is 0 Å². The van der Waals surface area contributed by atoms with E-state index in [1.807, 2.05) is 0 Å². The molecule has 0 saturated carbocycles. The standard InChI is InChI=1S/C84H166O4/c1-7-13-19-25-31-37-43-49-57-65-73-83(74-66-58-50-44-38-32-26-20-14-8-2,81(85)87-79-71-63-55-47-41-35-29-23-17-11-5)77-69-61-53-54-62-70-78-84(75-67-59-51-45-39-33-27-21-15-9-3,76-68-60-52-46-40-34-28-22-16-10-4)82(86)88-80-72-64-56-48-42-36-30-24-18-12-6/h7-80H2,1-6H3. The molecule has 88 heavy (non-hydrogen) atoms. The van der Waals surface area contributed by atoms with Crippen molar-refractivity contribution in [1.82, 2.24) is 0 Å². The van der Waals surface area contributed by atoms with Crippen molar-refractivity contribution in [3.63, 3.8) is 0 Å². The Morgan fingerprint density at radius 1 is 0.170 bits per heavy atom. The Bertz CT molecular complexity index is 1190. The quantitative estimate of drug-likeness (QED) is 0.0450. The Morgan fingerprint density at radius 3 is 0.420 bits per heavy atom. The minimum absolute atomic E-state index is 0.163. The Kier molecular flexibility index (Phi) is 70.9. The lowest BCUT2D eigenvalue weighted by molar-refractivity contribution is -0.159. The molecule has 526 valence electrons. The van der Waals surface area contributed by atoms with Crippen molar-refractivity contribution in [3.05, 3.63) is 0 Å². The second kappa shape index (κ2) is 71.8. The van der Waals surface area contributed by atoms with Gasteiger partial charge in [-0.3, -0.25) is 9.59 Å². The second-order valence-corrected chi connectivity index (χ2v) is 29.5. The number of hydrogen-bond donors (Lipinski definition) is 0. The van der Waals surface area contributed by atoms with E-state index in [0.717, 1.165) is 64.2 Å². The first-order valence-electron chi connectivity index (χ1n) is 41.8. The average molecular weight is 1240 g/mol. The predicted molar refractivity (Wildman–Crippen MR) is 393 cm³/mol. The summed E-state index contributed by atoms with van der Waals surface area (Å²) in [4.78, 5) is 29.5. The molecule has 0 saturated heterocycles. The van der Waals surface area contributed by atoms with Gasteiger partial charge < -0.3 is 9.47 Å². The van der Waals surface area contributed by atoms with Crippen LogP contribution in [-0.4, -0.2) is 25.2 Å². The zero-order valence-electron chi connectivity index (χ0n) is 62.0. The fourth-order valence-corrected chi connectivity index (χ4v) is 14.6. The minimum Gasteiger partial charge on any atom is -0.465 e. The molecule has 0 aliphatic heterocycles. The summed E-state index contributed by atoms with van der Waals surface area (Å²) in [7, 11) is 0. The fourth-order valence-electron chi connectivity index (χ4n) is 14.6. The van der Waals surface area contributed by atoms with Gasteiger partial charge in [-0.25, -0.2) is 0 Å². The van der Waals surface area contributed by atoms with Gasteiger partial charge in [0, 0.05) is 0 Å². The maximum Gasteiger partial charge on any atom is 0.312 e. The van der Waals surface area contributed by atoms with Crippen molar-refractivity contribution >= 4 is 11.9 Å². The molecule has 0 unspecified atom stereocenters. The van der Waals surface area contributed by atoms with Crippen molar-refractivity contribution in [3.8, 4) is 0 Å². The zero-order valence-corrected chi connectivity index (χ0v) is 62.0. The molecular weight excluding hydrogens is 1070 g/mol. The fraction of sp³-hybridized carbons (Fsp3) is 0.976. The lowest BCUT2D eigenvalue weighted by atomic mass is 9.73. The van der Waals surface area contributed by atoms with Crippen LogP contribution in [0, 0.1) is 10.8 Å². The van der Waals surface area contributed by atoms with Gasteiger partial charge in [-0.1, -0.05) is 452 Å². The van der Waals surface area contributed by atoms with Crippen LogP contribution in [0.5, 0.6) is 0 Å². The highest BCUT2D eigenvalue weighted by molar-refractivity contribution is 5.77. The van der Waals surface area contributed by atoms with Crippen LogP contribution in [-0.2, 0) is 19.1 Å². The van der Waals surface area contributed by atoms with Crippen molar-refractivity contribution in [2.45, 2.75) is 504 Å². The number of esters is 2. The van der Waals surface area contributed by atoms with Gasteiger partial charge in [0.25, 0.3) is 0 Å². The average Bonchev–Trinajstić information content (AvgIpc) is 3.72. The molecule has 0 amide bonds. The number of ether oxygens (including phenoxy) is 2. The third-order valence-corrected chi connectivity index (χ3v) is 20.9. The van der Waals surface area contributed by atoms with Gasteiger partial charge in [0.15, 0.2) is 0 Å². The SMILES string of the molecule is CCCCCCCCCCCCOC(=O)C(CCCCCCCCCCCC)(CCCCCCCCCCCC)CCCCCCCCC(CCCCCCCCCCCC)(CCCCCCCCCCCC)C(=O)OCCCCCCCCCCCC. The first kappa shape index (κ1) is 86.9. The molecular formula is C84H166O4. The second-order valence-electron chi connectivity index (χ2n) is 29.5. The molecule has 0 spiro atoms. The summed E-state index contributed by atoms with van der Waals surface area (Å²) in [6, 6.07) is 0. The number of unbranched alkanes of at least 4 members (excludes halogenated alkanes) is 59. The Labute approximate surface area is 556 Å². The molecule has 4 heteroatoms. The summed E-state index contributed by atoms with van der Waals surface area (Å²) in [5.74, 6) is 0.327. The molecule has 0 radical (unpaired) electrons. The largest absolute Gasteiger partial charge is 0.465 e. The first-order chi connectivity index (χ1) is 43.4. The van der Waals surface area contributed by atoms with Gasteiger partial charge in [-0.15, -0.1) is 0 Å². The maximum atomic E-state index is 14.7. The lowest BCUT2D eigenvalue weighted by Gasteiger charge is -2.32. The Morgan fingerprint density at radius 2 is 0.284 bits per heavy atom. The third kappa shape index (κ3) is 57.6. The first-order valence-corrected chi connectivity index (χ1v) is 41.8. The van der Waals surface area contributed by atoms with Gasteiger partial charge in [0.1, 0.15) is 0 Å². The molecule has 0 aromatic rings. The highest BCUT2D eigenvalue weighted by atomic mass is 16.5. The van der Waals surface area contributed by atoms with Crippen molar-refractivity contribution in [1.29, 1.82) is 0 Å². The third-order valence-electron chi connectivity index (χ3n) is 20.9. The Hall–Kier alpha value is -1.06. The van der Waals surface area contributed by atoms with E-state index >= 15 is 0 Å². The molecule has 0 aliphatic carbocycles. The summed E-state index contributed by atoms with van der Waals surface area (Å²) < 4.78 is 12.9. The van der Waals surface area contributed by atoms with Gasteiger partial charge in [0.2, 0.25) is 0 Å². The van der Waals surface area contributed by atoms with E-state index in [1.165, 1.54) is 398 Å². The summed E-state index contributed by atoms with van der Waals surface area (Å²) in [5.41, 5.74) is -0.647. The summed E-state index contributed by atoms with van der Waals surface area (Å²) in [5, 5.41) is 0. The molecule has 4 nitrogen and oxygen atoms in total. The molecule has 0 fully saturated rings. The van der Waals surface area contributed by atoms with Gasteiger partial charge >= 0.3 is 11.9 Å². The van der Waals surface area contributed by atoms with Crippen molar-refractivity contribution < 1.29 is 19.1 Å². The highest BCUT2D eigenvalue weighted by Crippen LogP contribution is 2.41.